The quantitative estimate of drug-likeness (QED) is 0.631. The number of nitriles is 1. The fourth-order valence-electron chi connectivity index (χ4n) is 3.56. The molecule has 176 valence electrons. The third kappa shape index (κ3) is 7.41. The molecule has 1 aliphatic carbocycles. The van der Waals surface area contributed by atoms with Gasteiger partial charge < -0.3 is 10.4 Å². The Hall–Kier alpha value is -3.22. The lowest BCUT2D eigenvalue weighted by atomic mass is 10.0. The molecule has 1 fully saturated rings. The summed E-state index contributed by atoms with van der Waals surface area (Å²) in [6, 6.07) is 8.13. The summed E-state index contributed by atoms with van der Waals surface area (Å²) in [6.07, 6.45) is 8.55. The number of rotatable bonds is 5. The highest BCUT2D eigenvalue weighted by Gasteiger charge is 2.28. The Morgan fingerprint density at radius 2 is 2.06 bits per heavy atom. The summed E-state index contributed by atoms with van der Waals surface area (Å²) < 4.78 is 26.3. The van der Waals surface area contributed by atoms with Crippen molar-refractivity contribution in [1.29, 1.82) is 5.26 Å². The molecule has 1 saturated heterocycles. The largest absolute Gasteiger partial charge is 0.478 e. The number of benzene rings is 1. The molecule has 0 saturated carbocycles. The lowest BCUT2D eigenvalue weighted by Crippen LogP contribution is -2.39. The van der Waals surface area contributed by atoms with Crippen LogP contribution in [0.4, 0.5) is 0 Å². The lowest BCUT2D eigenvalue weighted by Gasteiger charge is -2.30. The molecule has 1 aromatic carbocycles. The number of aldehydes is 1. The van der Waals surface area contributed by atoms with Crippen LogP contribution in [0.5, 0.6) is 0 Å². The minimum Gasteiger partial charge on any atom is -0.478 e. The van der Waals surface area contributed by atoms with Crippen molar-refractivity contribution in [3.05, 3.63) is 64.9 Å². The number of nitrogens with zero attached hydrogens (tertiary/aromatic N) is 2. The van der Waals surface area contributed by atoms with E-state index < -0.39 is 16.0 Å². The molecule has 8 nitrogen and oxygen atoms in total. The number of piperidine rings is 1. The molecule has 2 N–H and O–H groups in total. The van der Waals surface area contributed by atoms with Crippen molar-refractivity contribution in [3.63, 3.8) is 0 Å². The van der Waals surface area contributed by atoms with E-state index in [4.69, 9.17) is 10.4 Å². The van der Waals surface area contributed by atoms with Gasteiger partial charge >= 0.3 is 5.97 Å². The number of sulfonamides is 1. The Bertz CT molecular complexity index is 1110. The van der Waals surface area contributed by atoms with E-state index in [1.54, 1.807) is 37.4 Å². The van der Waals surface area contributed by atoms with E-state index in [0.29, 0.717) is 49.3 Å². The van der Waals surface area contributed by atoms with Crippen molar-refractivity contribution in [2.45, 2.75) is 37.5 Å². The molecule has 0 amide bonds. The van der Waals surface area contributed by atoms with E-state index in [0.717, 1.165) is 18.5 Å². The normalized spacial score (nSPS) is 23.9. The average molecular weight is 472 g/mol. The molecule has 1 heterocycles. The SMILES string of the molecule is CC1CCCN(S(=O)(=O)c2cccc(C=O)c2)C1.CN/C1=C/C=C(C#N)\C=C(\C(=O)O)CC1. The Morgan fingerprint density at radius 3 is 2.67 bits per heavy atom. The maximum absolute atomic E-state index is 12.4. The van der Waals surface area contributed by atoms with Gasteiger partial charge in [-0.2, -0.15) is 9.57 Å². The molecule has 3 rings (SSSR count). The molecule has 1 aromatic rings. The van der Waals surface area contributed by atoms with E-state index >= 15 is 0 Å². The molecule has 0 aromatic heterocycles. The van der Waals surface area contributed by atoms with Crippen LogP contribution in [0.1, 0.15) is 43.0 Å². The zero-order valence-electron chi connectivity index (χ0n) is 18.8. The van der Waals surface area contributed by atoms with Crippen LogP contribution in [0.15, 0.2) is 64.2 Å². The summed E-state index contributed by atoms with van der Waals surface area (Å²) in [5.41, 5.74) is 1.94. The highest BCUT2D eigenvalue weighted by Crippen LogP contribution is 2.23. The Labute approximate surface area is 195 Å². The van der Waals surface area contributed by atoms with Gasteiger partial charge in [-0.15, -0.1) is 0 Å². The van der Waals surface area contributed by atoms with Gasteiger partial charge in [-0.1, -0.05) is 19.1 Å². The van der Waals surface area contributed by atoms with Crippen molar-refractivity contribution >= 4 is 22.3 Å². The first-order valence-electron chi connectivity index (χ1n) is 10.7. The van der Waals surface area contributed by atoms with Crippen LogP contribution < -0.4 is 5.32 Å². The minimum absolute atomic E-state index is 0.209. The zero-order valence-corrected chi connectivity index (χ0v) is 19.6. The Morgan fingerprint density at radius 1 is 1.30 bits per heavy atom. The first-order chi connectivity index (χ1) is 15.7. The fourth-order valence-corrected chi connectivity index (χ4v) is 5.21. The van der Waals surface area contributed by atoms with Crippen LogP contribution in [-0.4, -0.2) is 50.2 Å². The first kappa shape index (κ1) is 26.0. The molecule has 0 bridgehead atoms. The van der Waals surface area contributed by atoms with Crippen LogP contribution >= 0.6 is 0 Å². The molecule has 33 heavy (non-hydrogen) atoms. The number of hydrogen-bond acceptors (Lipinski definition) is 6. The van der Waals surface area contributed by atoms with Gasteiger partial charge in [-0.05, 0) is 62.0 Å². The topological polar surface area (TPSA) is 128 Å². The predicted octanol–water partition coefficient (Wildman–Crippen LogP) is 3.26. The molecule has 1 atom stereocenters. The second-order valence-corrected chi connectivity index (χ2v) is 9.89. The van der Waals surface area contributed by atoms with Crippen molar-refractivity contribution in [2.24, 2.45) is 5.92 Å². The lowest BCUT2D eigenvalue weighted by molar-refractivity contribution is -0.132. The number of carbonyl (C=O) groups is 2. The first-order valence-corrected chi connectivity index (χ1v) is 12.1. The van der Waals surface area contributed by atoms with Crippen LogP contribution in [-0.2, 0) is 14.8 Å². The van der Waals surface area contributed by atoms with Crippen molar-refractivity contribution < 1.29 is 23.1 Å². The van der Waals surface area contributed by atoms with Gasteiger partial charge in [0.15, 0.2) is 0 Å². The molecule has 1 unspecified atom stereocenters. The third-order valence-corrected chi connectivity index (χ3v) is 7.30. The highest BCUT2D eigenvalue weighted by atomic mass is 32.2. The van der Waals surface area contributed by atoms with Crippen LogP contribution in [0.3, 0.4) is 0 Å². The monoisotopic (exact) mass is 471 g/mol. The molecule has 9 heteroatoms. The van der Waals surface area contributed by atoms with Gasteiger partial charge in [0.1, 0.15) is 6.29 Å². The molecular weight excluding hydrogens is 442 g/mol. The Kier molecular flexibility index (Phi) is 9.57. The van der Waals surface area contributed by atoms with Gasteiger partial charge in [0, 0.05) is 37.0 Å². The minimum atomic E-state index is -3.45. The number of carboxylic acid groups (broad SMARTS) is 1. The van der Waals surface area contributed by atoms with Gasteiger partial charge in [-0.25, -0.2) is 13.2 Å². The number of carbonyl (C=O) groups excluding carboxylic acids is 1. The van der Waals surface area contributed by atoms with Crippen LogP contribution in [0, 0.1) is 17.2 Å². The summed E-state index contributed by atoms with van der Waals surface area (Å²) in [4.78, 5) is 21.7. The molecule has 2 aliphatic rings. The van der Waals surface area contributed by atoms with E-state index in [2.05, 4.69) is 12.2 Å². The second kappa shape index (κ2) is 12.1. The maximum atomic E-state index is 12.4. The number of carboxylic acids is 1. The van der Waals surface area contributed by atoms with Gasteiger partial charge in [0.25, 0.3) is 0 Å². The molecule has 0 spiro atoms. The number of hydrogen-bond donors (Lipinski definition) is 2. The van der Waals surface area contributed by atoms with Gasteiger partial charge in [-0.3, -0.25) is 4.79 Å². The van der Waals surface area contributed by atoms with Crippen LogP contribution in [0.25, 0.3) is 0 Å². The van der Waals surface area contributed by atoms with E-state index in [1.807, 2.05) is 6.07 Å². The Balaban J connectivity index is 0.000000238. The highest BCUT2D eigenvalue weighted by molar-refractivity contribution is 7.89. The average Bonchev–Trinajstić information content (AvgIpc) is 2.80. The molecule has 0 radical (unpaired) electrons. The van der Waals surface area contributed by atoms with Gasteiger partial charge in [0.2, 0.25) is 10.0 Å². The van der Waals surface area contributed by atoms with Crippen molar-refractivity contribution in [3.8, 4) is 6.07 Å². The van der Waals surface area contributed by atoms with Crippen molar-refractivity contribution in [1.82, 2.24) is 9.62 Å². The maximum Gasteiger partial charge on any atom is 0.331 e. The predicted molar refractivity (Wildman–Crippen MR) is 125 cm³/mol. The molecular formula is C24H29N3O5S. The van der Waals surface area contributed by atoms with Gasteiger partial charge in [0.05, 0.1) is 16.5 Å². The third-order valence-electron chi connectivity index (χ3n) is 5.43. The standard InChI is InChI=1S/C13H17NO3S.C11H12N2O2/c1-11-4-3-7-14(9-11)18(16,17)13-6-2-5-12(8-13)10-15;1-13-10-4-2-8(7-12)6-9(3-5-10)11(14)15/h2,5-6,8,10-11H,3-4,7,9H2,1H3;2,4,6,13H,3,5H2,1H3,(H,14,15)/b;8-2+,9-6+,10-4+. The molecule has 1 aliphatic heterocycles. The summed E-state index contributed by atoms with van der Waals surface area (Å²) in [7, 11) is -1.68. The second-order valence-electron chi connectivity index (χ2n) is 7.95. The van der Waals surface area contributed by atoms with E-state index in [1.165, 1.54) is 16.4 Å². The number of nitrogens with one attached hydrogen (secondary N) is 1. The summed E-state index contributed by atoms with van der Waals surface area (Å²) in [5, 5.41) is 20.6. The summed E-state index contributed by atoms with van der Waals surface area (Å²) in [5.74, 6) is -0.573. The van der Waals surface area contributed by atoms with E-state index in [-0.39, 0.29) is 10.5 Å². The number of aliphatic carboxylic acids is 1. The zero-order chi connectivity index (χ0) is 24.4. The smallest absolute Gasteiger partial charge is 0.331 e. The fraction of sp³-hybridized carbons (Fsp3) is 0.375. The van der Waals surface area contributed by atoms with Crippen molar-refractivity contribution in [2.75, 3.05) is 20.1 Å². The van der Waals surface area contributed by atoms with E-state index in [9.17, 15) is 18.0 Å². The summed E-state index contributed by atoms with van der Waals surface area (Å²) >= 11 is 0. The van der Waals surface area contributed by atoms with Crippen LogP contribution in [0.2, 0.25) is 0 Å². The number of allylic oxidation sites excluding steroid dienone is 5. The summed E-state index contributed by atoms with van der Waals surface area (Å²) in [6.45, 7) is 3.19.